The van der Waals surface area contributed by atoms with E-state index in [9.17, 15) is 4.79 Å². The Morgan fingerprint density at radius 2 is 2.25 bits per heavy atom. The maximum atomic E-state index is 10.7. The first kappa shape index (κ1) is 8.58. The van der Waals surface area contributed by atoms with Crippen LogP contribution in [0.2, 0.25) is 0 Å². The van der Waals surface area contributed by atoms with Crippen LogP contribution in [0.4, 0.5) is 0 Å². The summed E-state index contributed by atoms with van der Waals surface area (Å²) >= 11 is 0. The fourth-order valence-electron chi connectivity index (χ4n) is 0.717. The van der Waals surface area contributed by atoms with Gasteiger partial charge in [0.2, 0.25) is 0 Å². The predicted molar refractivity (Wildman–Crippen MR) is 40.8 cm³/mol. The molecular weight excluding hydrogens is 160 g/mol. The van der Waals surface area contributed by atoms with E-state index in [0.717, 1.165) is 0 Å². The van der Waals surface area contributed by atoms with Crippen molar-refractivity contribution in [2.24, 2.45) is 0 Å². The lowest BCUT2D eigenvalue weighted by Gasteiger charge is -2.18. The number of aromatic hydroxyl groups is 1. The molecule has 0 unspecified atom stereocenters. The Bertz CT molecular complexity index is 303. The van der Waals surface area contributed by atoms with Crippen molar-refractivity contribution in [3.63, 3.8) is 0 Å². The maximum Gasteiger partial charge on any atom is 0.331 e. The fraction of sp³-hybridized carbons (Fsp3) is 0.429. The van der Waals surface area contributed by atoms with Crippen LogP contribution in [-0.4, -0.2) is 26.0 Å². The van der Waals surface area contributed by atoms with Crippen LogP contribution in [0.1, 0.15) is 13.8 Å². The summed E-state index contributed by atoms with van der Waals surface area (Å²) in [5, 5.41) is 21.4. The maximum absolute atomic E-state index is 10.7. The molecule has 12 heavy (non-hydrogen) atoms. The summed E-state index contributed by atoms with van der Waals surface area (Å²) in [7, 11) is 0. The number of aliphatic carboxylic acids is 1. The van der Waals surface area contributed by atoms with Gasteiger partial charge in [-0.15, -0.1) is 0 Å². The monoisotopic (exact) mass is 170 g/mol. The quantitative estimate of drug-likeness (QED) is 0.674. The molecule has 1 aromatic heterocycles. The molecule has 0 radical (unpaired) electrons. The first-order valence-corrected chi connectivity index (χ1v) is 3.42. The van der Waals surface area contributed by atoms with Crippen LogP contribution in [0.3, 0.4) is 0 Å². The van der Waals surface area contributed by atoms with Crippen LogP contribution in [0.25, 0.3) is 0 Å². The molecule has 2 N–H and O–H groups in total. The number of nitrogens with zero attached hydrogens (tertiary/aromatic N) is 2. The predicted octanol–water partition coefficient (Wildman–Crippen LogP) is 0.408. The van der Waals surface area contributed by atoms with Crippen molar-refractivity contribution in [3.8, 4) is 5.75 Å². The zero-order valence-electron chi connectivity index (χ0n) is 6.85. The molecule has 0 aliphatic rings. The van der Waals surface area contributed by atoms with Gasteiger partial charge in [-0.05, 0) is 13.8 Å². The number of aromatic nitrogens is 2. The van der Waals surface area contributed by atoms with Crippen LogP contribution < -0.4 is 0 Å². The van der Waals surface area contributed by atoms with Crippen molar-refractivity contribution in [1.29, 1.82) is 0 Å². The van der Waals surface area contributed by atoms with Crippen LogP contribution >= 0.6 is 0 Å². The summed E-state index contributed by atoms with van der Waals surface area (Å²) in [5.74, 6) is -1.03. The number of carboxylic acid groups (broad SMARTS) is 1. The molecule has 0 saturated heterocycles. The van der Waals surface area contributed by atoms with Gasteiger partial charge in [0.05, 0.1) is 12.4 Å². The molecular formula is C7H10N2O3. The van der Waals surface area contributed by atoms with Crippen molar-refractivity contribution in [3.05, 3.63) is 12.4 Å². The second-order valence-electron chi connectivity index (χ2n) is 3.01. The Hall–Kier alpha value is -1.52. The largest absolute Gasteiger partial charge is 0.505 e. The van der Waals surface area contributed by atoms with Gasteiger partial charge in [0.15, 0.2) is 11.3 Å². The number of carboxylic acids is 1. The summed E-state index contributed by atoms with van der Waals surface area (Å²) < 4.78 is 1.20. The second-order valence-corrected chi connectivity index (χ2v) is 3.01. The number of hydrogen-bond acceptors (Lipinski definition) is 3. The van der Waals surface area contributed by atoms with Gasteiger partial charge in [0, 0.05) is 0 Å². The summed E-state index contributed by atoms with van der Waals surface area (Å²) in [6.07, 6.45) is 2.47. The Morgan fingerprint density at radius 3 is 2.58 bits per heavy atom. The van der Waals surface area contributed by atoms with Crippen molar-refractivity contribution in [2.75, 3.05) is 0 Å². The van der Waals surface area contributed by atoms with Gasteiger partial charge in [-0.25, -0.2) is 4.79 Å². The molecule has 0 aromatic carbocycles. The number of hydrogen-bond donors (Lipinski definition) is 2. The van der Waals surface area contributed by atoms with Crippen molar-refractivity contribution >= 4 is 5.97 Å². The van der Waals surface area contributed by atoms with Gasteiger partial charge in [-0.2, -0.15) is 5.10 Å². The molecule has 0 amide bonds. The number of rotatable bonds is 2. The van der Waals surface area contributed by atoms with Crippen molar-refractivity contribution in [2.45, 2.75) is 19.4 Å². The van der Waals surface area contributed by atoms with Gasteiger partial charge >= 0.3 is 5.97 Å². The van der Waals surface area contributed by atoms with E-state index in [-0.39, 0.29) is 5.75 Å². The molecule has 66 valence electrons. The topological polar surface area (TPSA) is 75.3 Å². The molecule has 5 nitrogen and oxygen atoms in total. The average Bonchev–Trinajstić information content (AvgIpc) is 2.35. The summed E-state index contributed by atoms with van der Waals surface area (Å²) in [6, 6.07) is 0. The molecule has 0 bridgehead atoms. The summed E-state index contributed by atoms with van der Waals surface area (Å²) in [4.78, 5) is 10.7. The van der Waals surface area contributed by atoms with E-state index in [4.69, 9.17) is 10.2 Å². The van der Waals surface area contributed by atoms with E-state index in [1.807, 2.05) is 0 Å². The lowest BCUT2D eigenvalue weighted by molar-refractivity contribution is -0.146. The minimum Gasteiger partial charge on any atom is -0.505 e. The van der Waals surface area contributed by atoms with Crippen LogP contribution in [0.15, 0.2) is 12.4 Å². The minimum atomic E-state index is -1.12. The van der Waals surface area contributed by atoms with Crippen LogP contribution in [0, 0.1) is 0 Å². The Labute approximate surface area is 69.2 Å². The minimum absolute atomic E-state index is 0.0377. The molecule has 0 aliphatic carbocycles. The standard InChI is InChI=1S/C7H10N2O3/c1-7(2,6(11)12)9-4-5(10)3-8-9/h3-4,10H,1-2H3,(H,11,12). The normalized spacial score (nSPS) is 11.5. The van der Waals surface area contributed by atoms with E-state index in [0.29, 0.717) is 0 Å². The smallest absolute Gasteiger partial charge is 0.331 e. The highest BCUT2D eigenvalue weighted by atomic mass is 16.4. The van der Waals surface area contributed by atoms with Crippen molar-refractivity contribution in [1.82, 2.24) is 9.78 Å². The Balaban J connectivity index is 3.05. The Morgan fingerprint density at radius 1 is 1.67 bits per heavy atom. The van der Waals surface area contributed by atoms with Crippen LogP contribution in [0.5, 0.6) is 5.75 Å². The van der Waals surface area contributed by atoms with E-state index >= 15 is 0 Å². The van der Waals surface area contributed by atoms with Gasteiger partial charge in [0.1, 0.15) is 0 Å². The molecule has 1 rings (SSSR count). The molecule has 0 atom stereocenters. The van der Waals surface area contributed by atoms with E-state index in [2.05, 4.69) is 5.10 Å². The van der Waals surface area contributed by atoms with Gasteiger partial charge in [-0.1, -0.05) is 0 Å². The highest BCUT2D eigenvalue weighted by molar-refractivity contribution is 5.75. The zero-order valence-corrected chi connectivity index (χ0v) is 6.85. The zero-order chi connectivity index (χ0) is 9.35. The molecule has 0 saturated carbocycles. The van der Waals surface area contributed by atoms with Gasteiger partial charge < -0.3 is 10.2 Å². The Kier molecular flexibility index (Phi) is 1.79. The van der Waals surface area contributed by atoms with Gasteiger partial charge in [-0.3, -0.25) is 4.68 Å². The SMILES string of the molecule is CC(C)(C(=O)O)n1cc(O)cn1. The van der Waals surface area contributed by atoms with Crippen molar-refractivity contribution < 1.29 is 15.0 Å². The third kappa shape index (κ3) is 1.25. The molecule has 5 heteroatoms. The van der Waals surface area contributed by atoms with E-state index < -0.39 is 11.5 Å². The number of carbonyl (C=O) groups is 1. The highest BCUT2D eigenvalue weighted by Crippen LogP contribution is 2.17. The molecule has 0 aliphatic heterocycles. The first-order chi connectivity index (χ1) is 5.44. The van der Waals surface area contributed by atoms with Crippen LogP contribution in [-0.2, 0) is 10.3 Å². The molecule has 0 spiro atoms. The molecule has 1 aromatic rings. The first-order valence-electron chi connectivity index (χ1n) is 3.42. The lowest BCUT2D eigenvalue weighted by atomic mass is 10.1. The van der Waals surface area contributed by atoms with Gasteiger partial charge in [0.25, 0.3) is 0 Å². The second kappa shape index (κ2) is 2.51. The third-order valence-corrected chi connectivity index (χ3v) is 1.67. The summed E-state index contributed by atoms with van der Waals surface area (Å²) in [6.45, 7) is 3.00. The molecule has 0 fully saturated rings. The summed E-state index contributed by atoms with van der Waals surface area (Å²) in [5.41, 5.74) is -1.12. The highest BCUT2D eigenvalue weighted by Gasteiger charge is 2.30. The average molecular weight is 170 g/mol. The van der Waals surface area contributed by atoms with E-state index in [1.165, 1.54) is 30.9 Å². The van der Waals surface area contributed by atoms with E-state index in [1.54, 1.807) is 0 Å². The molecule has 1 heterocycles. The fourth-order valence-corrected chi connectivity index (χ4v) is 0.717. The lowest BCUT2D eigenvalue weighted by Crippen LogP contribution is -2.35. The third-order valence-electron chi connectivity index (χ3n) is 1.67.